The van der Waals surface area contributed by atoms with E-state index in [2.05, 4.69) is 11.4 Å². The standard InChI is InChI=1S/C12H13F3NO/c1-2-3-8-17-16-9-10-4-6-11(7-5-10)12(13,14)15/h4-7H,2-3,8H2,1H3. The minimum Gasteiger partial charge on any atom is -0.395 e. The summed E-state index contributed by atoms with van der Waals surface area (Å²) in [7, 11) is 0. The Kier molecular flexibility index (Phi) is 5.00. The van der Waals surface area contributed by atoms with Crippen molar-refractivity contribution in [2.75, 3.05) is 6.61 Å². The zero-order valence-electron chi connectivity index (χ0n) is 9.42. The summed E-state index contributed by atoms with van der Waals surface area (Å²) in [6.07, 6.45) is 0.0884. The lowest BCUT2D eigenvalue weighted by molar-refractivity contribution is -0.137. The number of hydrogen-bond acceptors (Lipinski definition) is 2. The maximum atomic E-state index is 12.2. The molecule has 0 atom stereocenters. The van der Waals surface area contributed by atoms with E-state index in [1.54, 1.807) is 0 Å². The normalized spacial score (nSPS) is 12.0. The Morgan fingerprint density at radius 1 is 1.24 bits per heavy atom. The summed E-state index contributed by atoms with van der Waals surface area (Å²) in [6.45, 7) is 2.51. The van der Waals surface area contributed by atoms with E-state index in [1.807, 2.05) is 6.92 Å². The molecular weight excluding hydrogens is 231 g/mol. The minimum absolute atomic E-state index is 0.453. The van der Waals surface area contributed by atoms with E-state index in [4.69, 9.17) is 4.84 Å². The highest BCUT2D eigenvalue weighted by atomic mass is 19.4. The van der Waals surface area contributed by atoms with Crippen molar-refractivity contribution in [3.63, 3.8) is 0 Å². The van der Waals surface area contributed by atoms with E-state index < -0.39 is 11.7 Å². The monoisotopic (exact) mass is 244 g/mol. The van der Waals surface area contributed by atoms with E-state index in [9.17, 15) is 13.2 Å². The van der Waals surface area contributed by atoms with Crippen molar-refractivity contribution in [1.29, 1.82) is 0 Å². The summed E-state index contributed by atoms with van der Waals surface area (Å²) in [4.78, 5) is 4.87. The van der Waals surface area contributed by atoms with Gasteiger partial charge in [0, 0.05) is 5.56 Å². The second kappa shape index (κ2) is 6.27. The first-order valence-electron chi connectivity index (χ1n) is 5.29. The fourth-order valence-electron chi connectivity index (χ4n) is 1.07. The summed E-state index contributed by atoms with van der Waals surface area (Å²) in [5.41, 5.74) is -0.232. The lowest BCUT2D eigenvalue weighted by Crippen LogP contribution is -2.04. The number of benzene rings is 1. The molecule has 0 saturated heterocycles. The number of nitrogens with zero attached hydrogens (tertiary/aromatic N) is 1. The van der Waals surface area contributed by atoms with Crippen LogP contribution in [0.2, 0.25) is 0 Å². The van der Waals surface area contributed by atoms with Crippen LogP contribution >= 0.6 is 0 Å². The molecule has 1 aromatic rings. The van der Waals surface area contributed by atoms with Crippen molar-refractivity contribution in [2.45, 2.75) is 25.9 Å². The molecule has 0 aliphatic carbocycles. The first-order valence-corrected chi connectivity index (χ1v) is 5.29. The molecule has 1 rings (SSSR count). The Morgan fingerprint density at radius 3 is 2.41 bits per heavy atom. The Balaban J connectivity index is 2.51. The third-order valence-corrected chi connectivity index (χ3v) is 2.04. The van der Waals surface area contributed by atoms with Crippen molar-refractivity contribution < 1.29 is 18.0 Å². The van der Waals surface area contributed by atoms with Gasteiger partial charge >= 0.3 is 6.18 Å². The Hall–Kier alpha value is -1.52. The number of alkyl halides is 3. The van der Waals surface area contributed by atoms with Gasteiger partial charge in [0.25, 0.3) is 0 Å². The van der Waals surface area contributed by atoms with Crippen molar-refractivity contribution in [3.05, 3.63) is 35.4 Å². The Morgan fingerprint density at radius 2 is 1.88 bits per heavy atom. The number of unbranched alkanes of at least 4 members (excludes halogenated alkanes) is 1. The summed E-state index contributed by atoms with van der Waals surface area (Å²) < 4.78 is 36.7. The molecule has 0 unspecified atom stereocenters. The summed E-state index contributed by atoms with van der Waals surface area (Å²) in [6, 6.07) is 4.58. The highest BCUT2D eigenvalue weighted by Gasteiger charge is 2.29. The van der Waals surface area contributed by atoms with Crippen LogP contribution in [-0.2, 0) is 11.0 Å². The lowest BCUT2D eigenvalue weighted by Gasteiger charge is -2.05. The van der Waals surface area contributed by atoms with Gasteiger partial charge in [0.1, 0.15) is 12.8 Å². The van der Waals surface area contributed by atoms with Crippen molar-refractivity contribution in [3.8, 4) is 0 Å². The molecule has 0 spiro atoms. The highest BCUT2D eigenvalue weighted by Crippen LogP contribution is 2.28. The molecule has 5 heteroatoms. The second-order valence-corrected chi connectivity index (χ2v) is 3.46. The van der Waals surface area contributed by atoms with Crippen LogP contribution < -0.4 is 0 Å². The largest absolute Gasteiger partial charge is 0.416 e. The van der Waals surface area contributed by atoms with Gasteiger partial charge < -0.3 is 4.84 Å². The molecule has 1 radical (unpaired) electrons. The molecule has 0 N–H and O–H groups in total. The van der Waals surface area contributed by atoms with E-state index in [1.165, 1.54) is 12.1 Å². The first-order chi connectivity index (χ1) is 8.04. The molecule has 0 aromatic heterocycles. The Bertz CT molecular complexity index is 357. The van der Waals surface area contributed by atoms with Crippen LogP contribution in [0, 0.1) is 0 Å². The average Bonchev–Trinajstić information content (AvgIpc) is 2.28. The van der Waals surface area contributed by atoms with Crippen molar-refractivity contribution in [1.82, 2.24) is 0 Å². The molecule has 0 fully saturated rings. The fourth-order valence-corrected chi connectivity index (χ4v) is 1.07. The highest BCUT2D eigenvalue weighted by molar-refractivity contribution is 5.79. The zero-order valence-corrected chi connectivity index (χ0v) is 9.42. The van der Waals surface area contributed by atoms with Crippen LogP contribution in [0.1, 0.15) is 30.9 Å². The smallest absolute Gasteiger partial charge is 0.395 e. The molecule has 93 valence electrons. The fraction of sp³-hybridized carbons (Fsp3) is 0.417. The molecule has 0 heterocycles. The van der Waals surface area contributed by atoms with Crippen molar-refractivity contribution >= 4 is 6.21 Å². The number of hydrogen-bond donors (Lipinski definition) is 0. The van der Waals surface area contributed by atoms with Crippen molar-refractivity contribution in [2.24, 2.45) is 5.16 Å². The van der Waals surface area contributed by atoms with Gasteiger partial charge in [-0.3, -0.25) is 0 Å². The lowest BCUT2D eigenvalue weighted by atomic mass is 10.1. The van der Waals surface area contributed by atoms with Gasteiger partial charge in [-0.05, 0) is 18.6 Å². The average molecular weight is 244 g/mol. The predicted octanol–water partition coefficient (Wildman–Crippen LogP) is 3.73. The van der Waals surface area contributed by atoms with E-state index in [-0.39, 0.29) is 0 Å². The van der Waals surface area contributed by atoms with Gasteiger partial charge in [-0.15, -0.1) is 0 Å². The van der Waals surface area contributed by atoms with Crippen LogP contribution in [0.5, 0.6) is 0 Å². The van der Waals surface area contributed by atoms with E-state index >= 15 is 0 Å². The molecular formula is C12H13F3NO. The van der Waals surface area contributed by atoms with Crippen LogP contribution in [0.15, 0.2) is 29.4 Å². The quantitative estimate of drug-likeness (QED) is 0.439. The van der Waals surface area contributed by atoms with E-state index in [0.717, 1.165) is 25.0 Å². The molecule has 1 aromatic carbocycles. The number of halogens is 3. The number of rotatable bonds is 5. The molecule has 0 bridgehead atoms. The maximum Gasteiger partial charge on any atom is 0.416 e. The molecule has 17 heavy (non-hydrogen) atoms. The summed E-state index contributed by atoms with van der Waals surface area (Å²) >= 11 is 0. The predicted molar refractivity (Wildman–Crippen MR) is 58.8 cm³/mol. The van der Waals surface area contributed by atoms with Crippen LogP contribution in [0.3, 0.4) is 0 Å². The second-order valence-electron chi connectivity index (χ2n) is 3.46. The third-order valence-electron chi connectivity index (χ3n) is 2.04. The van der Waals surface area contributed by atoms with Crippen LogP contribution in [-0.4, -0.2) is 12.8 Å². The minimum atomic E-state index is -4.31. The molecule has 0 aliphatic rings. The van der Waals surface area contributed by atoms with Crippen LogP contribution in [0.4, 0.5) is 13.2 Å². The van der Waals surface area contributed by atoms with Gasteiger partial charge in [0.2, 0.25) is 0 Å². The SMILES string of the molecule is CCCCO/N=[C]\c1ccc(C(F)(F)F)cc1. The van der Waals surface area contributed by atoms with E-state index in [0.29, 0.717) is 12.2 Å². The van der Waals surface area contributed by atoms with Gasteiger partial charge in [-0.25, -0.2) is 0 Å². The first kappa shape index (κ1) is 13.5. The molecule has 0 amide bonds. The third kappa shape index (κ3) is 4.89. The van der Waals surface area contributed by atoms with Gasteiger partial charge in [0.05, 0.1) is 5.56 Å². The molecule has 0 saturated carbocycles. The van der Waals surface area contributed by atoms with Gasteiger partial charge in [0.15, 0.2) is 0 Å². The van der Waals surface area contributed by atoms with Crippen LogP contribution in [0.25, 0.3) is 0 Å². The van der Waals surface area contributed by atoms with Gasteiger partial charge in [-0.1, -0.05) is 30.6 Å². The Labute approximate surface area is 98.1 Å². The maximum absolute atomic E-state index is 12.2. The zero-order chi connectivity index (χ0) is 12.7. The van der Waals surface area contributed by atoms with Gasteiger partial charge in [-0.2, -0.15) is 13.2 Å². The summed E-state index contributed by atoms with van der Waals surface area (Å²) in [5, 5.41) is 3.54. The topological polar surface area (TPSA) is 21.6 Å². The summed E-state index contributed by atoms with van der Waals surface area (Å²) in [5.74, 6) is 0. The molecule has 2 nitrogen and oxygen atoms in total. The molecule has 0 aliphatic heterocycles.